The Bertz CT molecular complexity index is 833. The van der Waals surface area contributed by atoms with E-state index in [1.807, 2.05) is 56.3 Å². The van der Waals surface area contributed by atoms with Crippen molar-refractivity contribution in [3.05, 3.63) is 59.7 Å². The highest BCUT2D eigenvalue weighted by molar-refractivity contribution is 7.91. The Kier molecular flexibility index (Phi) is 4.40. The molecule has 1 aliphatic heterocycles. The van der Waals surface area contributed by atoms with Crippen molar-refractivity contribution < 1.29 is 13.2 Å². The third-order valence-electron chi connectivity index (χ3n) is 4.78. The van der Waals surface area contributed by atoms with Gasteiger partial charge in [0.15, 0.2) is 9.84 Å². The van der Waals surface area contributed by atoms with E-state index >= 15 is 0 Å². The number of hydrogen-bond donors (Lipinski definition) is 1. The van der Waals surface area contributed by atoms with Crippen molar-refractivity contribution in [2.45, 2.75) is 36.7 Å². The molecule has 4 nitrogen and oxygen atoms in total. The Morgan fingerprint density at radius 1 is 1.21 bits per heavy atom. The van der Waals surface area contributed by atoms with Crippen molar-refractivity contribution in [2.24, 2.45) is 0 Å². The normalized spacial score (nSPS) is 25.5. The molecule has 0 unspecified atom stereocenters. The first-order valence-electron chi connectivity index (χ1n) is 8.12. The minimum Gasteiger partial charge on any atom is -0.497 e. The van der Waals surface area contributed by atoms with Crippen LogP contribution in [-0.2, 0) is 9.84 Å². The summed E-state index contributed by atoms with van der Waals surface area (Å²) in [6.45, 7) is 3.99. The minimum absolute atomic E-state index is 0.0694. The lowest BCUT2D eigenvalue weighted by Crippen LogP contribution is -2.47. The summed E-state index contributed by atoms with van der Waals surface area (Å²) in [6.07, 6.45) is 0.723. The van der Waals surface area contributed by atoms with E-state index in [4.69, 9.17) is 4.74 Å². The van der Waals surface area contributed by atoms with Gasteiger partial charge in [0.1, 0.15) is 5.75 Å². The van der Waals surface area contributed by atoms with Crippen LogP contribution >= 0.6 is 0 Å². The summed E-state index contributed by atoms with van der Waals surface area (Å²) in [5.41, 5.74) is 1.34. The van der Waals surface area contributed by atoms with E-state index in [1.165, 1.54) is 0 Å². The molecule has 0 bridgehead atoms. The van der Waals surface area contributed by atoms with Gasteiger partial charge >= 0.3 is 0 Å². The molecule has 1 heterocycles. The van der Waals surface area contributed by atoms with Gasteiger partial charge in [-0.05, 0) is 36.6 Å². The van der Waals surface area contributed by atoms with E-state index in [1.54, 1.807) is 13.2 Å². The van der Waals surface area contributed by atoms with Crippen molar-refractivity contribution in [3.8, 4) is 5.75 Å². The first-order chi connectivity index (χ1) is 11.4. The van der Waals surface area contributed by atoms with Gasteiger partial charge < -0.3 is 4.74 Å². The summed E-state index contributed by atoms with van der Waals surface area (Å²) in [7, 11) is -1.86. The largest absolute Gasteiger partial charge is 0.497 e. The summed E-state index contributed by atoms with van der Waals surface area (Å²) < 4.78 is 31.3. The fourth-order valence-corrected chi connectivity index (χ4v) is 5.35. The molecule has 5 heteroatoms. The quantitative estimate of drug-likeness (QED) is 0.927. The van der Waals surface area contributed by atoms with Gasteiger partial charge in [-0.25, -0.2) is 8.42 Å². The molecule has 0 spiro atoms. The fourth-order valence-electron chi connectivity index (χ4n) is 3.23. The Morgan fingerprint density at radius 3 is 2.54 bits per heavy atom. The Morgan fingerprint density at radius 2 is 1.92 bits per heavy atom. The molecule has 0 fully saturated rings. The Balaban J connectivity index is 2.25. The Labute approximate surface area is 143 Å². The summed E-state index contributed by atoms with van der Waals surface area (Å²) in [5, 5.41) is 3.59. The molecule has 24 heavy (non-hydrogen) atoms. The maximum Gasteiger partial charge on any atom is 0.180 e. The van der Waals surface area contributed by atoms with Gasteiger partial charge in [-0.15, -0.1) is 0 Å². The number of sulfone groups is 1. The monoisotopic (exact) mass is 345 g/mol. The molecule has 2 atom stereocenters. The summed E-state index contributed by atoms with van der Waals surface area (Å²) in [6, 6.07) is 15.1. The van der Waals surface area contributed by atoms with E-state index in [-0.39, 0.29) is 11.8 Å². The number of benzene rings is 2. The van der Waals surface area contributed by atoms with E-state index in [0.717, 1.165) is 17.5 Å². The van der Waals surface area contributed by atoms with Crippen LogP contribution in [0.3, 0.4) is 0 Å². The molecule has 2 aromatic carbocycles. The number of rotatable bonds is 3. The molecule has 0 aromatic heterocycles. The van der Waals surface area contributed by atoms with Gasteiger partial charge in [0, 0.05) is 5.54 Å². The van der Waals surface area contributed by atoms with Gasteiger partial charge in [-0.1, -0.05) is 43.3 Å². The van der Waals surface area contributed by atoms with Gasteiger partial charge in [0.05, 0.1) is 23.8 Å². The Hall–Kier alpha value is -1.85. The second-order valence-electron chi connectivity index (χ2n) is 6.57. The number of hydrogen-bond acceptors (Lipinski definition) is 4. The summed E-state index contributed by atoms with van der Waals surface area (Å²) >= 11 is 0. The molecule has 2 aromatic rings. The smallest absolute Gasteiger partial charge is 0.180 e. The third-order valence-corrected chi connectivity index (χ3v) is 6.82. The number of methoxy groups -OCH3 is 1. The minimum atomic E-state index is -3.41. The van der Waals surface area contributed by atoms with Crippen LogP contribution in [-0.4, -0.2) is 26.8 Å². The predicted octanol–water partition coefficient (Wildman–Crippen LogP) is 3.33. The molecule has 0 radical (unpaired) electrons. The molecule has 1 N–H and O–H groups in total. The second-order valence-corrected chi connectivity index (χ2v) is 8.52. The molecule has 0 amide bonds. The van der Waals surface area contributed by atoms with Crippen molar-refractivity contribution in [1.29, 1.82) is 0 Å². The number of ether oxygens (including phenoxy) is 1. The number of nitrogens with one attached hydrogen (secondary N) is 1. The second kappa shape index (κ2) is 6.22. The fraction of sp³-hybridized carbons (Fsp3) is 0.368. The highest BCUT2D eigenvalue weighted by atomic mass is 32.2. The van der Waals surface area contributed by atoms with Crippen molar-refractivity contribution >= 4 is 9.84 Å². The van der Waals surface area contributed by atoms with Crippen LogP contribution in [0.4, 0.5) is 0 Å². The first-order valence-corrected chi connectivity index (χ1v) is 9.77. The zero-order chi connectivity index (χ0) is 17.4. The van der Waals surface area contributed by atoms with Crippen molar-refractivity contribution in [2.75, 3.05) is 12.9 Å². The SMILES string of the molecule is CC[C@@]1(C)CS(=O)(=O)c2cc(OC)ccc2[C@@H](c2ccccc2)N1. The maximum absolute atomic E-state index is 13.0. The van der Waals surface area contributed by atoms with Crippen LogP contribution in [0.5, 0.6) is 5.75 Å². The average molecular weight is 345 g/mol. The standard InChI is InChI=1S/C19H23NO3S/c1-4-19(2)13-24(21,22)17-12-15(23-3)10-11-16(17)18(20-19)14-8-6-5-7-9-14/h5-12,18,20H,4,13H2,1-3H3/t18-,19+/m1/s1. The lowest BCUT2D eigenvalue weighted by atomic mass is 9.93. The van der Waals surface area contributed by atoms with Crippen LogP contribution in [0.2, 0.25) is 0 Å². The molecular formula is C19H23NO3S. The van der Waals surface area contributed by atoms with Gasteiger partial charge in [-0.3, -0.25) is 5.32 Å². The highest BCUT2D eigenvalue weighted by Gasteiger charge is 2.39. The topological polar surface area (TPSA) is 55.4 Å². The molecule has 1 aliphatic rings. The molecule has 3 rings (SSSR count). The molecule has 0 aliphatic carbocycles. The van der Waals surface area contributed by atoms with Crippen LogP contribution in [0.25, 0.3) is 0 Å². The summed E-state index contributed by atoms with van der Waals surface area (Å²) in [4.78, 5) is 0.361. The zero-order valence-electron chi connectivity index (χ0n) is 14.2. The zero-order valence-corrected chi connectivity index (χ0v) is 15.1. The highest BCUT2D eigenvalue weighted by Crippen LogP contribution is 2.37. The molecule has 0 saturated carbocycles. The molecule has 0 saturated heterocycles. The van der Waals surface area contributed by atoms with E-state index < -0.39 is 15.4 Å². The van der Waals surface area contributed by atoms with E-state index in [9.17, 15) is 8.42 Å². The molecule has 128 valence electrons. The van der Waals surface area contributed by atoms with Crippen LogP contribution in [0.1, 0.15) is 37.4 Å². The lowest BCUT2D eigenvalue weighted by Gasteiger charge is -2.31. The van der Waals surface area contributed by atoms with Gasteiger partial charge in [0.2, 0.25) is 0 Å². The molecular weight excluding hydrogens is 322 g/mol. The lowest BCUT2D eigenvalue weighted by molar-refractivity contribution is 0.353. The van der Waals surface area contributed by atoms with Crippen molar-refractivity contribution in [3.63, 3.8) is 0 Å². The predicted molar refractivity (Wildman–Crippen MR) is 95.2 cm³/mol. The average Bonchev–Trinajstić information content (AvgIpc) is 2.68. The number of fused-ring (bicyclic) bond motifs is 1. The van der Waals surface area contributed by atoms with Gasteiger partial charge in [-0.2, -0.15) is 0 Å². The summed E-state index contributed by atoms with van der Waals surface area (Å²) in [5.74, 6) is 0.629. The third kappa shape index (κ3) is 3.06. The van der Waals surface area contributed by atoms with E-state index in [0.29, 0.717) is 10.6 Å². The van der Waals surface area contributed by atoms with Crippen molar-refractivity contribution in [1.82, 2.24) is 5.32 Å². The van der Waals surface area contributed by atoms with Gasteiger partial charge in [0.25, 0.3) is 0 Å². The van der Waals surface area contributed by atoms with E-state index in [2.05, 4.69) is 5.32 Å². The van der Waals surface area contributed by atoms with Crippen LogP contribution in [0, 0.1) is 0 Å². The van der Waals surface area contributed by atoms with Crippen LogP contribution in [0.15, 0.2) is 53.4 Å². The first kappa shape index (κ1) is 17.0. The van der Waals surface area contributed by atoms with Crippen LogP contribution < -0.4 is 10.1 Å². The maximum atomic E-state index is 13.0.